The number of nitrogens with one attached hydrogen (secondary N) is 1. The predicted octanol–water partition coefficient (Wildman–Crippen LogP) is 1.86. The molecule has 0 saturated carbocycles. The summed E-state index contributed by atoms with van der Waals surface area (Å²) in [5, 5.41) is 3.17. The smallest absolute Gasteiger partial charge is 0.147 e. The van der Waals surface area contributed by atoms with Crippen molar-refractivity contribution >= 4 is 11.5 Å². The summed E-state index contributed by atoms with van der Waals surface area (Å²) in [6, 6.07) is 7.37. The summed E-state index contributed by atoms with van der Waals surface area (Å²) in [5.74, 6) is 1.56. The fourth-order valence-electron chi connectivity index (χ4n) is 1.52. The van der Waals surface area contributed by atoms with E-state index in [1.807, 2.05) is 25.1 Å². The Morgan fingerprint density at radius 1 is 1.28 bits per heavy atom. The maximum atomic E-state index is 5.66. The van der Waals surface area contributed by atoms with Crippen LogP contribution in [0.1, 0.15) is 5.69 Å². The molecule has 0 radical (unpaired) electrons. The van der Waals surface area contributed by atoms with E-state index in [-0.39, 0.29) is 0 Å². The highest BCUT2D eigenvalue weighted by Gasteiger charge is 1.99. The van der Waals surface area contributed by atoms with E-state index in [0.29, 0.717) is 18.8 Å². The number of anilines is 2. The minimum absolute atomic E-state index is 0.541. The summed E-state index contributed by atoms with van der Waals surface area (Å²) in [5.41, 5.74) is 7.24. The Morgan fingerprint density at radius 2 is 2.11 bits per heavy atom. The highest BCUT2D eigenvalue weighted by Crippen LogP contribution is 2.14. The molecule has 0 spiro atoms. The molecular formula is C13H16N4O. The van der Waals surface area contributed by atoms with Gasteiger partial charge in [0.05, 0.1) is 12.2 Å². The van der Waals surface area contributed by atoms with E-state index in [2.05, 4.69) is 15.3 Å². The second-order valence-corrected chi connectivity index (χ2v) is 3.84. The Kier molecular flexibility index (Phi) is 3.96. The third-order valence-corrected chi connectivity index (χ3v) is 2.40. The van der Waals surface area contributed by atoms with Crippen LogP contribution in [-0.4, -0.2) is 23.1 Å². The van der Waals surface area contributed by atoms with Crippen molar-refractivity contribution in [2.24, 2.45) is 0 Å². The van der Waals surface area contributed by atoms with Crippen LogP contribution in [0.5, 0.6) is 5.75 Å². The maximum absolute atomic E-state index is 5.66. The molecule has 0 fully saturated rings. The third-order valence-electron chi connectivity index (χ3n) is 2.40. The van der Waals surface area contributed by atoms with Gasteiger partial charge in [-0.05, 0) is 19.1 Å². The van der Waals surface area contributed by atoms with Gasteiger partial charge in [0.1, 0.15) is 18.2 Å². The summed E-state index contributed by atoms with van der Waals surface area (Å²) >= 11 is 0. The van der Waals surface area contributed by atoms with Gasteiger partial charge >= 0.3 is 0 Å². The Morgan fingerprint density at radius 3 is 2.89 bits per heavy atom. The van der Waals surface area contributed by atoms with Crippen molar-refractivity contribution < 1.29 is 4.74 Å². The Balaban J connectivity index is 1.78. The molecule has 5 heteroatoms. The summed E-state index contributed by atoms with van der Waals surface area (Å²) in [6.07, 6.45) is 3.33. The molecular weight excluding hydrogens is 228 g/mol. The number of nitrogens with zero attached hydrogens (tertiary/aromatic N) is 2. The zero-order valence-electron chi connectivity index (χ0n) is 10.3. The van der Waals surface area contributed by atoms with Crippen LogP contribution >= 0.6 is 0 Å². The van der Waals surface area contributed by atoms with Crippen molar-refractivity contribution in [3.63, 3.8) is 0 Å². The van der Waals surface area contributed by atoms with Gasteiger partial charge in [-0.15, -0.1) is 0 Å². The number of aryl methyl sites for hydroxylation is 1. The van der Waals surface area contributed by atoms with Gasteiger partial charge in [0, 0.05) is 24.1 Å². The number of ether oxygens (including phenoxy) is 1. The minimum atomic E-state index is 0.541. The summed E-state index contributed by atoms with van der Waals surface area (Å²) in [6.45, 7) is 3.11. The monoisotopic (exact) mass is 244 g/mol. The van der Waals surface area contributed by atoms with Gasteiger partial charge in [-0.1, -0.05) is 6.07 Å². The molecule has 3 N–H and O–H groups in total. The van der Waals surface area contributed by atoms with Crippen LogP contribution in [0.3, 0.4) is 0 Å². The SMILES string of the molecule is Cc1nccnc1NCCOc1cccc(N)c1. The van der Waals surface area contributed by atoms with E-state index >= 15 is 0 Å². The molecule has 5 nitrogen and oxygen atoms in total. The molecule has 0 aliphatic rings. The first kappa shape index (κ1) is 12.2. The highest BCUT2D eigenvalue weighted by molar-refractivity contribution is 5.43. The zero-order valence-corrected chi connectivity index (χ0v) is 10.3. The molecule has 94 valence electrons. The standard InChI is InChI=1S/C13H16N4O/c1-10-13(16-6-5-15-10)17-7-8-18-12-4-2-3-11(14)9-12/h2-6,9H,7-8,14H2,1H3,(H,16,17). The van der Waals surface area contributed by atoms with Crippen molar-refractivity contribution in [1.29, 1.82) is 0 Å². The molecule has 2 aromatic rings. The lowest BCUT2D eigenvalue weighted by Crippen LogP contribution is -2.13. The quantitative estimate of drug-likeness (QED) is 0.620. The van der Waals surface area contributed by atoms with Gasteiger partial charge in [0.25, 0.3) is 0 Å². The highest BCUT2D eigenvalue weighted by atomic mass is 16.5. The Bertz CT molecular complexity index is 516. The lowest BCUT2D eigenvalue weighted by molar-refractivity contribution is 0.333. The molecule has 0 saturated heterocycles. The number of nitrogens with two attached hydrogens (primary N) is 1. The van der Waals surface area contributed by atoms with Crippen LogP contribution in [0.25, 0.3) is 0 Å². The van der Waals surface area contributed by atoms with Gasteiger partial charge < -0.3 is 15.8 Å². The van der Waals surface area contributed by atoms with Crippen LogP contribution in [-0.2, 0) is 0 Å². The van der Waals surface area contributed by atoms with E-state index in [1.54, 1.807) is 18.5 Å². The van der Waals surface area contributed by atoms with Crippen LogP contribution in [0.2, 0.25) is 0 Å². The number of hydrogen-bond acceptors (Lipinski definition) is 5. The van der Waals surface area contributed by atoms with E-state index in [9.17, 15) is 0 Å². The Labute approximate surface area is 106 Å². The third kappa shape index (κ3) is 3.35. The van der Waals surface area contributed by atoms with Crippen molar-refractivity contribution in [2.75, 3.05) is 24.2 Å². The first-order valence-electron chi connectivity index (χ1n) is 5.75. The average molecular weight is 244 g/mol. The second-order valence-electron chi connectivity index (χ2n) is 3.84. The number of nitrogen functional groups attached to an aromatic ring is 1. The van der Waals surface area contributed by atoms with Gasteiger partial charge in [0.2, 0.25) is 0 Å². The lowest BCUT2D eigenvalue weighted by Gasteiger charge is -2.09. The topological polar surface area (TPSA) is 73.1 Å². The fraction of sp³-hybridized carbons (Fsp3) is 0.231. The molecule has 0 amide bonds. The molecule has 1 heterocycles. The van der Waals surface area contributed by atoms with E-state index in [1.165, 1.54) is 0 Å². The molecule has 1 aromatic carbocycles. The molecule has 18 heavy (non-hydrogen) atoms. The second kappa shape index (κ2) is 5.86. The van der Waals surface area contributed by atoms with Crippen molar-refractivity contribution in [3.05, 3.63) is 42.4 Å². The first-order chi connectivity index (χ1) is 8.75. The van der Waals surface area contributed by atoms with E-state index in [4.69, 9.17) is 10.5 Å². The van der Waals surface area contributed by atoms with Crippen LogP contribution < -0.4 is 15.8 Å². The molecule has 0 aliphatic heterocycles. The fourth-order valence-corrected chi connectivity index (χ4v) is 1.52. The van der Waals surface area contributed by atoms with Crippen LogP contribution in [0, 0.1) is 6.92 Å². The average Bonchev–Trinajstić information content (AvgIpc) is 2.37. The maximum Gasteiger partial charge on any atom is 0.147 e. The summed E-state index contributed by atoms with van der Waals surface area (Å²) < 4.78 is 5.56. The molecule has 1 aromatic heterocycles. The van der Waals surface area contributed by atoms with Gasteiger partial charge in [-0.25, -0.2) is 4.98 Å². The lowest BCUT2D eigenvalue weighted by atomic mass is 10.3. The zero-order chi connectivity index (χ0) is 12.8. The molecule has 2 rings (SSSR count). The van der Waals surface area contributed by atoms with Crippen LogP contribution in [0.15, 0.2) is 36.7 Å². The molecule has 0 aliphatic carbocycles. The summed E-state index contributed by atoms with van der Waals surface area (Å²) in [7, 11) is 0. The largest absolute Gasteiger partial charge is 0.492 e. The van der Waals surface area contributed by atoms with Gasteiger partial charge in [0.15, 0.2) is 0 Å². The molecule has 0 unspecified atom stereocenters. The van der Waals surface area contributed by atoms with Crippen molar-refractivity contribution in [2.45, 2.75) is 6.92 Å². The normalized spacial score (nSPS) is 10.1. The molecule has 0 atom stereocenters. The predicted molar refractivity (Wildman–Crippen MR) is 71.6 cm³/mol. The summed E-state index contributed by atoms with van der Waals surface area (Å²) in [4.78, 5) is 8.33. The molecule has 0 bridgehead atoms. The van der Waals surface area contributed by atoms with E-state index < -0.39 is 0 Å². The first-order valence-corrected chi connectivity index (χ1v) is 5.75. The van der Waals surface area contributed by atoms with Gasteiger partial charge in [-0.2, -0.15) is 0 Å². The van der Waals surface area contributed by atoms with Crippen molar-refractivity contribution in [3.8, 4) is 5.75 Å². The van der Waals surface area contributed by atoms with Gasteiger partial charge in [-0.3, -0.25) is 4.98 Å². The number of aromatic nitrogens is 2. The van der Waals surface area contributed by atoms with E-state index in [0.717, 1.165) is 17.3 Å². The van der Waals surface area contributed by atoms with Crippen LogP contribution in [0.4, 0.5) is 11.5 Å². The number of rotatable bonds is 5. The minimum Gasteiger partial charge on any atom is -0.492 e. The Hall–Kier alpha value is -2.30. The van der Waals surface area contributed by atoms with Crippen molar-refractivity contribution in [1.82, 2.24) is 9.97 Å². The number of benzene rings is 1. The number of hydrogen-bond donors (Lipinski definition) is 2.